The fraction of sp³-hybridized carbons (Fsp3) is 0. The van der Waals surface area contributed by atoms with Gasteiger partial charge in [0.2, 0.25) is 0 Å². The Balaban J connectivity index is 3.07. The van der Waals surface area contributed by atoms with Gasteiger partial charge in [0, 0.05) is 0 Å². The van der Waals surface area contributed by atoms with E-state index < -0.39 is 0 Å². The van der Waals surface area contributed by atoms with Crippen LogP contribution in [0.4, 0.5) is 0 Å². The van der Waals surface area contributed by atoms with Crippen molar-refractivity contribution < 1.29 is 0 Å². The number of hydrogen-bond acceptors (Lipinski definition) is 3. The van der Waals surface area contributed by atoms with Crippen LogP contribution in [0.5, 0.6) is 0 Å². The molecule has 42 valence electrons. The standard InChI is InChI=1S/C3S3Se2/c4-3-5-1-2(6-3)8-7-1. The summed E-state index contributed by atoms with van der Waals surface area (Å²) in [5.74, 6) is 0. The average molecular weight is 290 g/mol. The van der Waals surface area contributed by atoms with Crippen molar-refractivity contribution in [3.05, 3.63) is 3.14 Å². The summed E-state index contributed by atoms with van der Waals surface area (Å²) in [4.78, 5) is 0. The first-order chi connectivity index (χ1) is 3.86. The molecule has 0 spiro atoms. The van der Waals surface area contributed by atoms with Crippen LogP contribution in [-0.2, 0) is 0 Å². The van der Waals surface area contributed by atoms with Crippen LogP contribution in [0.15, 0.2) is 0 Å². The molecule has 5 heteroatoms. The molecule has 0 amide bonds. The van der Waals surface area contributed by atoms with Gasteiger partial charge in [-0.25, -0.2) is 0 Å². The van der Waals surface area contributed by atoms with Crippen molar-refractivity contribution in [2.45, 2.75) is 0 Å². The van der Waals surface area contributed by atoms with Crippen molar-refractivity contribution in [2.24, 2.45) is 0 Å². The molecule has 2 aromatic heterocycles. The second kappa shape index (κ2) is 2.17. The summed E-state index contributed by atoms with van der Waals surface area (Å²) in [6, 6.07) is 0. The molecule has 0 nitrogen and oxygen atoms in total. The van der Waals surface area contributed by atoms with Crippen LogP contribution < -0.4 is 0 Å². The molecule has 0 unspecified atom stereocenters. The van der Waals surface area contributed by atoms with Crippen LogP contribution in [0.1, 0.15) is 0 Å². The van der Waals surface area contributed by atoms with Crippen LogP contribution in [-0.4, -0.2) is 25.3 Å². The Morgan fingerprint density at radius 1 is 1.12 bits per heavy atom. The van der Waals surface area contributed by atoms with Gasteiger partial charge in [0.05, 0.1) is 0 Å². The van der Waals surface area contributed by atoms with Gasteiger partial charge in [0.1, 0.15) is 0 Å². The van der Waals surface area contributed by atoms with E-state index in [0.717, 1.165) is 28.4 Å². The molecule has 0 N–H and O–H groups in total. The molecule has 0 fully saturated rings. The summed E-state index contributed by atoms with van der Waals surface area (Å²) in [7, 11) is 0. The van der Waals surface area contributed by atoms with Gasteiger partial charge in [0.15, 0.2) is 0 Å². The number of hydrogen-bond donors (Lipinski definition) is 0. The van der Waals surface area contributed by atoms with Crippen molar-refractivity contribution in [3.8, 4) is 0 Å². The van der Waals surface area contributed by atoms with Crippen LogP contribution in [0.2, 0.25) is 0 Å². The summed E-state index contributed by atoms with van der Waals surface area (Å²) < 4.78 is 4.40. The quantitative estimate of drug-likeness (QED) is 0.527. The maximum absolute atomic E-state index is 5.02. The molecule has 0 radical (unpaired) electrons. The van der Waals surface area contributed by atoms with E-state index in [1.807, 2.05) is 22.7 Å². The first-order valence-electron chi connectivity index (χ1n) is 1.85. The molecule has 0 aromatic carbocycles. The van der Waals surface area contributed by atoms with E-state index in [1.54, 1.807) is 7.15 Å². The second-order valence-corrected chi connectivity index (χ2v) is 11.6. The van der Waals surface area contributed by atoms with E-state index in [0.29, 0.717) is 0 Å². The van der Waals surface area contributed by atoms with Gasteiger partial charge in [-0.1, -0.05) is 0 Å². The molecule has 0 aliphatic carbocycles. The fourth-order valence-electron chi connectivity index (χ4n) is 0.399. The SMILES string of the molecule is S=c1sc2[se][se]c2s1. The van der Waals surface area contributed by atoms with Crippen molar-refractivity contribution in [1.82, 2.24) is 0 Å². The van der Waals surface area contributed by atoms with Crippen LogP contribution in [0, 0.1) is 3.14 Å². The Labute approximate surface area is 69.8 Å². The van der Waals surface area contributed by atoms with Crippen LogP contribution in [0.3, 0.4) is 0 Å². The normalized spacial score (nSPS) is 11.0. The minimum atomic E-state index is 0.876. The average Bonchev–Trinajstić information content (AvgIpc) is 1.91. The van der Waals surface area contributed by atoms with E-state index in [4.69, 9.17) is 12.2 Å². The van der Waals surface area contributed by atoms with E-state index in [2.05, 4.69) is 0 Å². The zero-order valence-corrected chi connectivity index (χ0v) is 9.42. The van der Waals surface area contributed by atoms with E-state index in [9.17, 15) is 0 Å². The maximum atomic E-state index is 5.02. The van der Waals surface area contributed by atoms with E-state index in [-0.39, 0.29) is 0 Å². The molecule has 0 atom stereocenters. The van der Waals surface area contributed by atoms with Crippen LogP contribution in [0.25, 0.3) is 7.15 Å². The summed E-state index contributed by atoms with van der Waals surface area (Å²) in [5.41, 5.74) is 0. The molecule has 0 saturated carbocycles. The van der Waals surface area contributed by atoms with Crippen LogP contribution >= 0.6 is 34.9 Å². The first kappa shape index (κ1) is 6.05. The van der Waals surface area contributed by atoms with Gasteiger partial charge >= 0.3 is 70.4 Å². The van der Waals surface area contributed by atoms with Crippen molar-refractivity contribution in [1.29, 1.82) is 0 Å². The molecule has 0 bridgehead atoms. The summed E-state index contributed by atoms with van der Waals surface area (Å²) >= 11 is 10.4. The van der Waals surface area contributed by atoms with Gasteiger partial charge in [0.25, 0.3) is 0 Å². The molecule has 0 aliphatic heterocycles. The van der Waals surface area contributed by atoms with Crippen molar-refractivity contribution >= 4 is 67.3 Å². The Kier molecular flexibility index (Phi) is 1.64. The molecule has 2 heterocycles. The zero-order chi connectivity index (χ0) is 5.56. The van der Waals surface area contributed by atoms with Crippen molar-refractivity contribution in [3.63, 3.8) is 0 Å². The summed E-state index contributed by atoms with van der Waals surface area (Å²) in [6.07, 6.45) is 0. The number of fused-ring (bicyclic) bond motifs is 1. The predicted molar refractivity (Wildman–Crippen MR) is 44.4 cm³/mol. The topological polar surface area (TPSA) is 0 Å². The fourth-order valence-corrected chi connectivity index (χ4v) is 14.5. The van der Waals surface area contributed by atoms with Gasteiger partial charge in [-0.2, -0.15) is 0 Å². The summed E-state index contributed by atoms with van der Waals surface area (Å²) in [5, 5.41) is 0. The third-order valence-electron chi connectivity index (χ3n) is 0.712. The third kappa shape index (κ3) is 0.868. The van der Waals surface area contributed by atoms with Gasteiger partial charge in [-0.05, 0) is 0 Å². The van der Waals surface area contributed by atoms with Gasteiger partial charge < -0.3 is 0 Å². The molecule has 0 aliphatic rings. The molecule has 2 rings (SSSR count). The zero-order valence-electron chi connectivity index (χ0n) is 3.54. The summed E-state index contributed by atoms with van der Waals surface area (Å²) in [6.45, 7) is 0. The molecular formula is C3S3Se2. The van der Waals surface area contributed by atoms with Gasteiger partial charge in [-0.15, -0.1) is 0 Å². The Morgan fingerprint density at radius 3 is 1.88 bits per heavy atom. The predicted octanol–water partition coefficient (Wildman–Crippen LogP) is 1.81. The number of rotatable bonds is 0. The third-order valence-corrected chi connectivity index (χ3v) is 14.8. The second-order valence-electron chi connectivity index (χ2n) is 1.20. The van der Waals surface area contributed by atoms with Crippen molar-refractivity contribution in [2.75, 3.05) is 0 Å². The van der Waals surface area contributed by atoms with E-state index >= 15 is 0 Å². The Hall–Kier alpha value is 1.31. The monoisotopic (exact) mass is 292 g/mol. The molecule has 2 aromatic rings. The molecule has 8 heavy (non-hydrogen) atoms. The molecular weight excluding hydrogens is 290 g/mol. The molecule has 0 saturated heterocycles. The van der Waals surface area contributed by atoms with E-state index in [1.165, 1.54) is 0 Å². The van der Waals surface area contributed by atoms with Gasteiger partial charge in [-0.3, -0.25) is 0 Å². The first-order valence-corrected chi connectivity index (χ1v) is 9.93. The minimum absolute atomic E-state index is 0.876. The Bertz CT molecular complexity index is 303. The Morgan fingerprint density at radius 2 is 1.62 bits per heavy atom.